The molecule has 3 heteroatoms. The maximum atomic E-state index is 2.72. The van der Waals surface area contributed by atoms with Crippen molar-refractivity contribution in [2.45, 2.75) is 136 Å². The van der Waals surface area contributed by atoms with Crippen molar-refractivity contribution in [1.29, 1.82) is 0 Å². The first-order valence-electron chi connectivity index (χ1n) is 24.6. The van der Waals surface area contributed by atoms with E-state index in [1.165, 1.54) is 125 Å². The molecular weight excluding hydrogens is 796 g/mol. The Kier molecular flexibility index (Phi) is 9.31. The molecule has 0 bridgehead atoms. The van der Waals surface area contributed by atoms with Crippen LogP contribution in [-0.4, -0.2) is 6.71 Å². The molecule has 332 valence electrons. The number of benzene rings is 7. The molecule has 11 rings (SSSR count). The Labute approximate surface area is 396 Å². The maximum absolute atomic E-state index is 2.72. The van der Waals surface area contributed by atoms with Crippen LogP contribution in [0.2, 0.25) is 0 Å². The number of rotatable bonds is 4. The topological polar surface area (TPSA) is 6.48 Å². The van der Waals surface area contributed by atoms with Crippen LogP contribution in [0, 0.1) is 13.8 Å². The molecular formula is C63H67BN2. The Balaban J connectivity index is 1.27. The molecule has 0 aromatic heterocycles. The van der Waals surface area contributed by atoms with E-state index in [1.807, 2.05) is 0 Å². The van der Waals surface area contributed by atoms with E-state index in [-0.39, 0.29) is 33.8 Å². The Hall–Kier alpha value is -5.80. The molecule has 0 unspecified atom stereocenters. The Bertz CT molecular complexity index is 3120. The van der Waals surface area contributed by atoms with Gasteiger partial charge in [0.05, 0.1) is 5.69 Å². The summed E-state index contributed by atoms with van der Waals surface area (Å²) in [7, 11) is 0. The molecule has 2 aliphatic carbocycles. The zero-order valence-corrected chi connectivity index (χ0v) is 41.8. The lowest BCUT2D eigenvalue weighted by atomic mass is 9.33. The van der Waals surface area contributed by atoms with E-state index in [2.05, 4.69) is 233 Å². The second-order valence-electron chi connectivity index (χ2n) is 24.2. The standard InChI is InChI=1S/C63H67BN2/c1-39-30-56-58-57(31-39)66(53-36-48-46(32-40(53)2)60(6,7)28-29-61(48,8)9)55-37-49-47(62(10,11)38-63(49,12)13)35-51(55)64(58)50-26-24-43(41-20-16-14-17-21-41)33-54(50)65(56)52-27-25-44(59(3,4)5)34-45(52)42-22-18-15-19-23-42/h14-27,30-37H,28-29,38H2,1-13H3. The van der Waals surface area contributed by atoms with Crippen molar-refractivity contribution in [2.24, 2.45) is 0 Å². The normalized spacial score (nSPS) is 18.0. The van der Waals surface area contributed by atoms with Crippen molar-refractivity contribution in [2.75, 3.05) is 9.80 Å². The number of aryl methyl sites for hydroxylation is 2. The second kappa shape index (κ2) is 14.4. The fourth-order valence-corrected chi connectivity index (χ4v) is 12.9. The van der Waals surface area contributed by atoms with Crippen molar-refractivity contribution in [1.82, 2.24) is 0 Å². The van der Waals surface area contributed by atoms with Crippen LogP contribution in [0.15, 0.2) is 133 Å². The van der Waals surface area contributed by atoms with E-state index in [4.69, 9.17) is 0 Å². The molecule has 0 spiro atoms. The van der Waals surface area contributed by atoms with Gasteiger partial charge in [-0.3, -0.25) is 0 Å². The van der Waals surface area contributed by atoms with Crippen LogP contribution in [0.1, 0.15) is 134 Å². The lowest BCUT2D eigenvalue weighted by molar-refractivity contribution is 0.332. The van der Waals surface area contributed by atoms with Gasteiger partial charge in [-0.25, -0.2) is 0 Å². The Morgan fingerprint density at radius 1 is 0.439 bits per heavy atom. The third-order valence-corrected chi connectivity index (χ3v) is 16.4. The summed E-state index contributed by atoms with van der Waals surface area (Å²) >= 11 is 0. The third kappa shape index (κ3) is 6.50. The summed E-state index contributed by atoms with van der Waals surface area (Å²) < 4.78 is 0. The summed E-state index contributed by atoms with van der Waals surface area (Å²) in [6, 6.07) is 52.1. The number of anilines is 6. The summed E-state index contributed by atoms with van der Waals surface area (Å²) in [6.45, 7) is 31.5. The van der Waals surface area contributed by atoms with Crippen LogP contribution in [-0.2, 0) is 27.1 Å². The monoisotopic (exact) mass is 863 g/mol. The SMILES string of the molecule is Cc1cc2c3c(c1)N(c1ccc(C(C)(C)C)cc1-c1ccccc1)c1cc(-c4ccccc4)ccc1B3c1cc3c(cc1N2c1cc2c(cc1C)C(C)(C)CCC2(C)C)C(C)(C)CC3(C)C. The zero-order valence-electron chi connectivity index (χ0n) is 41.8. The molecule has 66 heavy (non-hydrogen) atoms. The molecule has 2 aliphatic heterocycles. The lowest BCUT2D eigenvalue weighted by Gasteiger charge is -2.47. The second-order valence-corrected chi connectivity index (χ2v) is 24.2. The van der Waals surface area contributed by atoms with Gasteiger partial charge in [-0.05, 0) is 175 Å². The predicted octanol–water partition coefficient (Wildman–Crippen LogP) is 15.3. The fourth-order valence-electron chi connectivity index (χ4n) is 12.9. The van der Waals surface area contributed by atoms with Gasteiger partial charge in [-0.1, -0.05) is 167 Å². The van der Waals surface area contributed by atoms with Crippen LogP contribution in [0.5, 0.6) is 0 Å². The van der Waals surface area contributed by atoms with Crippen molar-refractivity contribution in [3.8, 4) is 22.3 Å². The van der Waals surface area contributed by atoms with E-state index in [0.29, 0.717) is 0 Å². The van der Waals surface area contributed by atoms with Crippen molar-refractivity contribution < 1.29 is 0 Å². The molecule has 0 saturated carbocycles. The number of fused-ring (bicyclic) bond motifs is 6. The van der Waals surface area contributed by atoms with E-state index >= 15 is 0 Å². The van der Waals surface area contributed by atoms with Crippen molar-refractivity contribution in [3.63, 3.8) is 0 Å². The first-order valence-corrected chi connectivity index (χ1v) is 24.6. The fraction of sp³-hybridized carbons (Fsp3) is 0.333. The smallest absolute Gasteiger partial charge is 0.252 e. The van der Waals surface area contributed by atoms with E-state index in [1.54, 1.807) is 0 Å². The van der Waals surface area contributed by atoms with Crippen molar-refractivity contribution >= 4 is 57.2 Å². The van der Waals surface area contributed by atoms with Crippen LogP contribution < -0.4 is 26.2 Å². The van der Waals surface area contributed by atoms with Gasteiger partial charge in [0.25, 0.3) is 6.71 Å². The van der Waals surface area contributed by atoms with E-state index in [0.717, 1.165) is 6.42 Å². The third-order valence-electron chi connectivity index (χ3n) is 16.4. The highest BCUT2D eigenvalue weighted by Crippen LogP contribution is 2.55. The summed E-state index contributed by atoms with van der Waals surface area (Å²) in [5.74, 6) is 0. The number of hydrogen-bond acceptors (Lipinski definition) is 2. The molecule has 0 atom stereocenters. The molecule has 0 N–H and O–H groups in total. The first kappa shape index (κ1) is 42.8. The van der Waals surface area contributed by atoms with Gasteiger partial charge in [-0.15, -0.1) is 0 Å². The predicted molar refractivity (Wildman–Crippen MR) is 285 cm³/mol. The average molecular weight is 863 g/mol. The Morgan fingerprint density at radius 3 is 1.59 bits per heavy atom. The minimum absolute atomic E-state index is 0.0146. The summed E-state index contributed by atoms with van der Waals surface area (Å²) in [5.41, 5.74) is 27.0. The highest BCUT2D eigenvalue weighted by atomic mass is 15.2. The van der Waals surface area contributed by atoms with Gasteiger partial charge in [-0.2, -0.15) is 0 Å². The van der Waals surface area contributed by atoms with Crippen molar-refractivity contribution in [3.05, 3.63) is 172 Å². The maximum Gasteiger partial charge on any atom is 0.252 e. The summed E-state index contributed by atoms with van der Waals surface area (Å²) in [6.07, 6.45) is 3.50. The molecule has 7 aromatic carbocycles. The molecule has 2 heterocycles. The first-order chi connectivity index (χ1) is 31.1. The van der Waals surface area contributed by atoms with Gasteiger partial charge >= 0.3 is 0 Å². The van der Waals surface area contributed by atoms with Crippen LogP contribution in [0.25, 0.3) is 22.3 Å². The van der Waals surface area contributed by atoms with Crippen LogP contribution in [0.3, 0.4) is 0 Å². The van der Waals surface area contributed by atoms with Crippen LogP contribution in [0.4, 0.5) is 34.1 Å². The van der Waals surface area contributed by atoms with Gasteiger partial charge in [0.1, 0.15) is 0 Å². The molecule has 0 saturated heterocycles. The van der Waals surface area contributed by atoms with Gasteiger partial charge < -0.3 is 9.80 Å². The molecule has 4 aliphatic rings. The molecule has 7 aromatic rings. The minimum Gasteiger partial charge on any atom is -0.311 e. The largest absolute Gasteiger partial charge is 0.311 e. The van der Waals surface area contributed by atoms with Gasteiger partial charge in [0.2, 0.25) is 0 Å². The van der Waals surface area contributed by atoms with Gasteiger partial charge in [0.15, 0.2) is 0 Å². The summed E-state index contributed by atoms with van der Waals surface area (Å²) in [5, 5.41) is 0. The molecule has 2 nitrogen and oxygen atoms in total. The quantitative estimate of drug-likeness (QED) is 0.163. The Morgan fingerprint density at radius 2 is 0.970 bits per heavy atom. The van der Waals surface area contributed by atoms with Gasteiger partial charge in [0, 0.05) is 34.0 Å². The molecule has 0 radical (unpaired) electrons. The molecule has 0 fully saturated rings. The highest BCUT2D eigenvalue weighted by molar-refractivity contribution is 7.00. The zero-order chi connectivity index (χ0) is 46.5. The summed E-state index contributed by atoms with van der Waals surface area (Å²) in [4.78, 5) is 5.36. The van der Waals surface area contributed by atoms with E-state index < -0.39 is 0 Å². The molecule has 0 amide bonds. The lowest BCUT2D eigenvalue weighted by Crippen LogP contribution is -2.61. The highest BCUT2D eigenvalue weighted by Gasteiger charge is 2.49. The average Bonchev–Trinajstić information content (AvgIpc) is 3.45. The number of nitrogens with zero attached hydrogens (tertiary/aromatic N) is 2. The number of hydrogen-bond donors (Lipinski definition) is 0. The van der Waals surface area contributed by atoms with E-state index in [9.17, 15) is 0 Å². The minimum atomic E-state index is -0.0146. The van der Waals surface area contributed by atoms with Crippen LogP contribution >= 0.6 is 0 Å².